The molecule has 0 aromatic carbocycles. The topological polar surface area (TPSA) is 39.6 Å². The first kappa shape index (κ1) is 10.7. The van der Waals surface area contributed by atoms with E-state index in [9.17, 15) is 0 Å². The fraction of sp³-hybridized carbons (Fsp3) is 0.500. The predicted molar refractivity (Wildman–Crippen MR) is 60.9 cm³/mol. The molecule has 0 radical (unpaired) electrons. The molecule has 0 N–H and O–H groups in total. The van der Waals surface area contributed by atoms with E-state index in [1.807, 2.05) is 6.08 Å². The molecule has 2 aliphatic rings. The fourth-order valence-corrected chi connectivity index (χ4v) is 2.44. The Bertz CT molecular complexity index is 385. The smallest absolute Gasteiger partial charge is 0.315 e. The largest absolute Gasteiger partial charge is 0.371 e. The molecule has 0 amide bonds. The number of likely N-dealkylation sites (tertiary alicyclic amines) is 1. The summed E-state index contributed by atoms with van der Waals surface area (Å²) >= 11 is 12.1. The Morgan fingerprint density at radius 2 is 1.87 bits per heavy atom. The Labute approximate surface area is 98.6 Å². The molecule has 0 atom stereocenters. The van der Waals surface area contributed by atoms with Crippen molar-refractivity contribution in [2.75, 3.05) is 13.1 Å². The van der Waals surface area contributed by atoms with Gasteiger partial charge in [0.2, 0.25) is 0 Å². The highest BCUT2D eigenvalue weighted by Crippen LogP contribution is 2.32. The van der Waals surface area contributed by atoms with Crippen molar-refractivity contribution in [1.82, 2.24) is 4.90 Å². The van der Waals surface area contributed by atoms with Crippen molar-refractivity contribution in [1.29, 1.82) is 0 Å². The first-order valence-electron chi connectivity index (χ1n) is 4.96. The van der Waals surface area contributed by atoms with E-state index in [4.69, 9.17) is 28.7 Å². The molecule has 3 nitrogen and oxygen atoms in total. The number of nitrogens with zero attached hydrogens (tertiary/aromatic N) is 3. The molecule has 0 bridgehead atoms. The van der Waals surface area contributed by atoms with Crippen LogP contribution in [-0.4, -0.2) is 28.5 Å². The van der Waals surface area contributed by atoms with E-state index >= 15 is 0 Å². The zero-order chi connectivity index (χ0) is 10.8. The van der Waals surface area contributed by atoms with Gasteiger partial charge >= 0.3 is 5.71 Å². The van der Waals surface area contributed by atoms with Gasteiger partial charge in [0.15, 0.2) is 0 Å². The Morgan fingerprint density at radius 1 is 1.20 bits per heavy atom. The van der Waals surface area contributed by atoms with Crippen LogP contribution in [0, 0.1) is 0 Å². The van der Waals surface area contributed by atoms with E-state index in [2.05, 4.69) is 9.69 Å². The Morgan fingerprint density at radius 3 is 2.47 bits per heavy atom. The molecule has 0 saturated carbocycles. The van der Waals surface area contributed by atoms with E-state index in [1.165, 1.54) is 12.8 Å². The van der Waals surface area contributed by atoms with Gasteiger partial charge in [-0.3, -0.25) is 0 Å². The molecule has 5 heteroatoms. The molecule has 0 aromatic heterocycles. The van der Waals surface area contributed by atoms with Crippen LogP contribution in [0.5, 0.6) is 0 Å². The average molecular weight is 244 g/mol. The van der Waals surface area contributed by atoms with Gasteiger partial charge in [0.1, 0.15) is 5.03 Å². The van der Waals surface area contributed by atoms with Crippen molar-refractivity contribution in [2.24, 2.45) is 0 Å². The maximum absolute atomic E-state index is 8.70. The lowest BCUT2D eigenvalue weighted by atomic mass is 10.1. The molecule has 1 aliphatic heterocycles. The number of halogens is 2. The van der Waals surface area contributed by atoms with Crippen LogP contribution in [0.2, 0.25) is 0 Å². The molecular formula is C10H11Cl2N3. The van der Waals surface area contributed by atoms with Crippen molar-refractivity contribution >= 4 is 28.9 Å². The van der Waals surface area contributed by atoms with E-state index in [0.29, 0.717) is 22.2 Å². The van der Waals surface area contributed by atoms with Crippen LogP contribution in [0.4, 0.5) is 0 Å². The van der Waals surface area contributed by atoms with Gasteiger partial charge in [-0.05, 0) is 18.9 Å². The predicted octanol–water partition coefficient (Wildman–Crippen LogP) is 2.73. The van der Waals surface area contributed by atoms with Crippen LogP contribution < -0.4 is 0 Å². The Hall–Kier alpha value is -0.760. The number of rotatable bonds is 1. The van der Waals surface area contributed by atoms with Gasteiger partial charge in [0, 0.05) is 13.1 Å². The van der Waals surface area contributed by atoms with Crippen LogP contribution >= 0.6 is 23.2 Å². The monoisotopic (exact) mass is 243 g/mol. The SMILES string of the molecule is [N-]=[N+]=C1CC=C(N2CCCC2)C(Cl)=C1Cl. The quantitative estimate of drug-likeness (QED) is 0.516. The summed E-state index contributed by atoms with van der Waals surface area (Å²) in [4.78, 5) is 5.34. The Balaban J connectivity index is 2.29. The van der Waals surface area contributed by atoms with E-state index < -0.39 is 0 Å². The van der Waals surface area contributed by atoms with Gasteiger partial charge in [-0.2, -0.15) is 4.79 Å². The normalized spacial score (nSPS) is 21.9. The van der Waals surface area contributed by atoms with E-state index in [-0.39, 0.29) is 0 Å². The van der Waals surface area contributed by atoms with Crippen molar-refractivity contribution in [2.45, 2.75) is 19.3 Å². The third kappa shape index (κ3) is 1.96. The minimum atomic E-state index is 0.364. The van der Waals surface area contributed by atoms with Crippen molar-refractivity contribution in [3.8, 4) is 0 Å². The average Bonchev–Trinajstić information content (AvgIpc) is 2.75. The first-order chi connectivity index (χ1) is 7.24. The molecule has 1 heterocycles. The van der Waals surface area contributed by atoms with Crippen molar-refractivity contribution < 1.29 is 4.79 Å². The van der Waals surface area contributed by atoms with Crippen LogP contribution in [0.25, 0.3) is 5.53 Å². The molecular weight excluding hydrogens is 233 g/mol. The van der Waals surface area contributed by atoms with Crippen molar-refractivity contribution in [3.63, 3.8) is 0 Å². The van der Waals surface area contributed by atoms with E-state index in [1.54, 1.807) is 0 Å². The zero-order valence-corrected chi connectivity index (χ0v) is 9.72. The minimum absolute atomic E-state index is 0.364. The molecule has 2 rings (SSSR count). The van der Waals surface area contributed by atoms with Gasteiger partial charge in [0.25, 0.3) is 0 Å². The molecule has 1 aliphatic carbocycles. The molecule has 0 unspecified atom stereocenters. The fourth-order valence-electron chi connectivity index (χ4n) is 1.92. The standard InChI is InChI=1S/C10H11Cl2N3/c11-9-7(14-13)3-4-8(10(9)12)15-5-1-2-6-15/h4H,1-3,5-6H2. The number of hydrogen-bond donors (Lipinski definition) is 0. The van der Waals surface area contributed by atoms with Crippen molar-refractivity contribution in [3.05, 3.63) is 27.4 Å². The molecule has 15 heavy (non-hydrogen) atoms. The lowest BCUT2D eigenvalue weighted by molar-refractivity contribution is -0.00591. The minimum Gasteiger partial charge on any atom is -0.371 e. The molecule has 1 fully saturated rings. The van der Waals surface area contributed by atoms with Crippen LogP contribution in [0.15, 0.2) is 21.8 Å². The van der Waals surface area contributed by atoms with Gasteiger partial charge in [-0.1, -0.05) is 23.2 Å². The summed E-state index contributed by atoms with van der Waals surface area (Å²) in [6.07, 6.45) is 4.89. The summed E-state index contributed by atoms with van der Waals surface area (Å²) in [6.45, 7) is 2.05. The van der Waals surface area contributed by atoms with Gasteiger partial charge < -0.3 is 10.4 Å². The molecule has 0 aromatic rings. The highest BCUT2D eigenvalue weighted by atomic mass is 35.5. The second-order valence-corrected chi connectivity index (χ2v) is 4.42. The highest BCUT2D eigenvalue weighted by molar-refractivity contribution is 6.50. The first-order valence-corrected chi connectivity index (χ1v) is 5.71. The lowest BCUT2D eigenvalue weighted by Crippen LogP contribution is -2.22. The van der Waals surface area contributed by atoms with E-state index in [0.717, 1.165) is 18.8 Å². The number of hydrogen-bond acceptors (Lipinski definition) is 1. The van der Waals surface area contributed by atoms with Crippen LogP contribution in [0.3, 0.4) is 0 Å². The summed E-state index contributed by atoms with van der Waals surface area (Å²) in [5.74, 6) is 0. The van der Waals surface area contributed by atoms with Gasteiger partial charge in [-0.15, -0.1) is 0 Å². The van der Waals surface area contributed by atoms with Gasteiger partial charge in [0.05, 0.1) is 17.2 Å². The number of allylic oxidation sites excluding steroid dienone is 3. The lowest BCUT2D eigenvalue weighted by Gasteiger charge is -2.23. The zero-order valence-electron chi connectivity index (χ0n) is 8.21. The molecule has 1 saturated heterocycles. The van der Waals surface area contributed by atoms with Crippen LogP contribution in [0.1, 0.15) is 19.3 Å². The van der Waals surface area contributed by atoms with Gasteiger partial charge in [-0.25, -0.2) is 0 Å². The maximum Gasteiger partial charge on any atom is 0.315 e. The second-order valence-electron chi connectivity index (χ2n) is 3.66. The maximum atomic E-state index is 8.70. The molecule has 80 valence electrons. The summed E-state index contributed by atoms with van der Waals surface area (Å²) in [5, 5.41) is 0.862. The summed E-state index contributed by atoms with van der Waals surface area (Å²) in [7, 11) is 0. The third-order valence-electron chi connectivity index (χ3n) is 2.73. The van der Waals surface area contributed by atoms with Crippen LogP contribution in [-0.2, 0) is 0 Å². The summed E-state index contributed by atoms with van der Waals surface area (Å²) in [5.41, 5.74) is 10.1. The summed E-state index contributed by atoms with van der Waals surface area (Å²) < 4.78 is 0. The highest BCUT2D eigenvalue weighted by Gasteiger charge is 2.27. The Kier molecular flexibility index (Phi) is 3.15. The summed E-state index contributed by atoms with van der Waals surface area (Å²) in [6, 6.07) is 0. The third-order valence-corrected chi connectivity index (χ3v) is 3.61. The molecule has 0 spiro atoms. The second kappa shape index (κ2) is 4.40.